The highest BCUT2D eigenvalue weighted by Crippen LogP contribution is 2.10. The Morgan fingerprint density at radius 2 is 0.815 bits per heavy atom. The van der Waals surface area contributed by atoms with E-state index in [1.807, 2.05) is 30.3 Å². The van der Waals surface area contributed by atoms with E-state index in [9.17, 15) is 9.59 Å². The molecule has 0 aromatic heterocycles. The highest BCUT2D eigenvalue weighted by atomic mass is 16.6. The maximum absolute atomic E-state index is 11.8. The molecule has 0 atom stereocenters. The average Bonchev–Trinajstić information content (AvgIpc) is 3.19. The van der Waals surface area contributed by atoms with E-state index in [0.29, 0.717) is 132 Å². The highest BCUT2D eigenvalue weighted by molar-refractivity contribution is 5.69. The van der Waals surface area contributed by atoms with Gasteiger partial charge in [-0.1, -0.05) is 88.6 Å². The van der Waals surface area contributed by atoms with Gasteiger partial charge in [-0.2, -0.15) is 0 Å². The predicted molar refractivity (Wildman–Crippen MR) is 205 cm³/mol. The first-order chi connectivity index (χ1) is 26.7. The number of hydrogen-bond acceptors (Lipinski definition) is 13. The fraction of sp³-hybridized carbons (Fsp3) is 0.800. The number of amides is 1. The first kappa shape index (κ1) is 49.6. The molecular formula is C40H71NO13. The quantitative estimate of drug-likeness (QED) is 0.0657. The topological polar surface area (TPSA) is 148 Å². The smallest absolute Gasteiger partial charge is 0.407 e. The lowest BCUT2D eigenvalue weighted by Crippen LogP contribution is -2.28. The van der Waals surface area contributed by atoms with E-state index in [1.54, 1.807) is 0 Å². The Labute approximate surface area is 324 Å². The van der Waals surface area contributed by atoms with Gasteiger partial charge in [0.15, 0.2) is 0 Å². The van der Waals surface area contributed by atoms with Gasteiger partial charge in [0.25, 0.3) is 0 Å². The summed E-state index contributed by atoms with van der Waals surface area (Å²) in [6.45, 7) is 11.4. The van der Waals surface area contributed by atoms with Crippen LogP contribution >= 0.6 is 0 Å². The summed E-state index contributed by atoms with van der Waals surface area (Å²) in [5.41, 5.74) is 0.936. The van der Waals surface area contributed by atoms with Gasteiger partial charge in [-0.25, -0.2) is 4.79 Å². The van der Waals surface area contributed by atoms with Crippen molar-refractivity contribution in [1.82, 2.24) is 5.32 Å². The van der Waals surface area contributed by atoms with Gasteiger partial charge in [-0.05, 0) is 12.0 Å². The predicted octanol–water partition coefficient (Wildman–Crippen LogP) is 5.53. The third-order valence-corrected chi connectivity index (χ3v) is 7.68. The Hall–Kier alpha value is -2.40. The van der Waals surface area contributed by atoms with E-state index in [4.69, 9.17) is 52.1 Å². The number of carbonyl (C=O) groups excluding carboxylic acids is 2. The van der Waals surface area contributed by atoms with Crippen LogP contribution in [0.5, 0.6) is 0 Å². The maximum atomic E-state index is 11.8. The summed E-state index contributed by atoms with van der Waals surface area (Å²) in [5.74, 6) is -0.141. The number of hydrogen-bond donors (Lipinski definition) is 1. The number of rotatable bonds is 42. The van der Waals surface area contributed by atoms with E-state index in [0.717, 1.165) is 18.4 Å². The van der Waals surface area contributed by atoms with Crippen LogP contribution in [-0.4, -0.2) is 144 Å². The molecule has 54 heavy (non-hydrogen) atoms. The molecule has 1 aromatic carbocycles. The van der Waals surface area contributed by atoms with Gasteiger partial charge in [0.05, 0.1) is 119 Å². The first-order valence-corrected chi connectivity index (χ1v) is 20.0. The largest absolute Gasteiger partial charge is 0.463 e. The Morgan fingerprint density at radius 1 is 0.444 bits per heavy atom. The monoisotopic (exact) mass is 773 g/mol. The van der Waals surface area contributed by atoms with E-state index in [-0.39, 0.29) is 19.2 Å². The minimum Gasteiger partial charge on any atom is -0.463 e. The molecule has 14 nitrogen and oxygen atoms in total. The Balaban J connectivity index is 1.65. The number of unbranched alkanes of at least 4 members (excludes halogenated alkanes) is 8. The molecule has 0 saturated carbocycles. The van der Waals surface area contributed by atoms with Crippen molar-refractivity contribution in [3.63, 3.8) is 0 Å². The SMILES string of the molecule is CCCCCCCCCCCC(=O)OCCOCCOCCOCCOCCOCCOCCOCCOCCOCCNC(=O)OCc1ccccc1. The zero-order valence-corrected chi connectivity index (χ0v) is 33.1. The van der Waals surface area contributed by atoms with Gasteiger partial charge in [-0.15, -0.1) is 0 Å². The molecule has 0 radical (unpaired) electrons. The van der Waals surface area contributed by atoms with Crippen LogP contribution in [0.4, 0.5) is 4.79 Å². The van der Waals surface area contributed by atoms with Gasteiger partial charge in [0.2, 0.25) is 0 Å². The molecule has 0 aliphatic heterocycles. The van der Waals surface area contributed by atoms with Gasteiger partial charge in [0, 0.05) is 13.0 Å². The first-order valence-electron chi connectivity index (χ1n) is 20.0. The molecule has 1 N–H and O–H groups in total. The summed E-state index contributed by atoms with van der Waals surface area (Å²) in [6.07, 6.45) is 11.1. The second-order valence-corrected chi connectivity index (χ2v) is 12.3. The fourth-order valence-electron chi connectivity index (χ4n) is 4.73. The number of nitrogens with one attached hydrogen (secondary N) is 1. The zero-order valence-electron chi connectivity index (χ0n) is 33.1. The van der Waals surface area contributed by atoms with Crippen LogP contribution in [0.1, 0.15) is 76.7 Å². The van der Waals surface area contributed by atoms with Crippen molar-refractivity contribution >= 4 is 12.1 Å². The van der Waals surface area contributed by atoms with Gasteiger partial charge < -0.3 is 57.4 Å². The van der Waals surface area contributed by atoms with Gasteiger partial charge in [0.1, 0.15) is 13.2 Å². The lowest BCUT2D eigenvalue weighted by molar-refractivity contribution is -0.145. The van der Waals surface area contributed by atoms with E-state index in [1.165, 1.54) is 44.9 Å². The second kappa shape index (κ2) is 41.8. The van der Waals surface area contributed by atoms with Gasteiger partial charge >= 0.3 is 12.1 Å². The molecule has 1 aromatic rings. The second-order valence-electron chi connectivity index (χ2n) is 12.3. The third-order valence-electron chi connectivity index (χ3n) is 7.68. The van der Waals surface area contributed by atoms with Crippen molar-refractivity contribution in [3.05, 3.63) is 35.9 Å². The Bertz CT molecular complexity index is 928. The average molecular weight is 774 g/mol. The number of ether oxygens (including phenoxy) is 11. The van der Waals surface area contributed by atoms with Crippen molar-refractivity contribution < 1.29 is 61.7 Å². The standard InChI is InChI=1S/C40H71NO13/c1-2-3-4-5-6-7-8-9-13-16-39(42)53-36-35-52-34-33-51-32-31-50-30-29-49-28-27-48-26-25-47-24-23-46-22-21-45-20-19-44-18-17-41-40(43)54-37-38-14-11-10-12-15-38/h10-12,14-15H,2-9,13,16-37H2,1H3,(H,41,43). The molecule has 14 heteroatoms. The van der Waals surface area contributed by atoms with Crippen LogP contribution in [0, 0.1) is 0 Å². The molecule has 0 aliphatic carbocycles. The van der Waals surface area contributed by atoms with Crippen molar-refractivity contribution in [3.8, 4) is 0 Å². The number of benzene rings is 1. The Morgan fingerprint density at radius 3 is 1.24 bits per heavy atom. The van der Waals surface area contributed by atoms with Crippen LogP contribution in [0.15, 0.2) is 30.3 Å². The minimum atomic E-state index is -0.471. The summed E-state index contributed by atoms with van der Waals surface area (Å²) in [4.78, 5) is 23.4. The zero-order chi connectivity index (χ0) is 38.7. The molecule has 1 amide bonds. The van der Waals surface area contributed by atoms with Crippen LogP contribution < -0.4 is 5.32 Å². The number of carbonyl (C=O) groups is 2. The van der Waals surface area contributed by atoms with Crippen LogP contribution in [0.2, 0.25) is 0 Å². The van der Waals surface area contributed by atoms with Crippen molar-refractivity contribution in [2.75, 3.05) is 132 Å². The third kappa shape index (κ3) is 37.9. The summed E-state index contributed by atoms with van der Waals surface area (Å²) in [7, 11) is 0. The fourth-order valence-corrected chi connectivity index (χ4v) is 4.73. The summed E-state index contributed by atoms with van der Waals surface area (Å²) in [6, 6.07) is 9.51. The molecular weight excluding hydrogens is 702 g/mol. The van der Waals surface area contributed by atoms with Gasteiger partial charge in [-0.3, -0.25) is 4.79 Å². The molecule has 0 unspecified atom stereocenters. The molecule has 0 heterocycles. The molecule has 314 valence electrons. The molecule has 0 fully saturated rings. The van der Waals surface area contributed by atoms with E-state index < -0.39 is 6.09 Å². The van der Waals surface area contributed by atoms with E-state index >= 15 is 0 Å². The van der Waals surface area contributed by atoms with Crippen molar-refractivity contribution in [2.45, 2.75) is 77.7 Å². The van der Waals surface area contributed by atoms with Crippen molar-refractivity contribution in [2.24, 2.45) is 0 Å². The lowest BCUT2D eigenvalue weighted by atomic mass is 10.1. The summed E-state index contributed by atoms with van der Waals surface area (Å²) < 4.78 is 59.6. The molecule has 0 bridgehead atoms. The minimum absolute atomic E-state index is 0.141. The highest BCUT2D eigenvalue weighted by Gasteiger charge is 2.04. The van der Waals surface area contributed by atoms with Crippen molar-refractivity contribution in [1.29, 1.82) is 0 Å². The summed E-state index contributed by atoms with van der Waals surface area (Å²) in [5, 5.41) is 2.64. The molecule has 1 rings (SSSR count). The molecule has 0 spiro atoms. The van der Waals surface area contributed by atoms with Crippen LogP contribution in [-0.2, 0) is 63.5 Å². The van der Waals surface area contributed by atoms with E-state index in [2.05, 4.69) is 12.2 Å². The summed E-state index contributed by atoms with van der Waals surface area (Å²) >= 11 is 0. The number of esters is 1. The number of alkyl carbamates (subject to hydrolysis) is 1. The Kier molecular flexibility index (Phi) is 38.4. The molecule has 0 aliphatic rings. The van der Waals surface area contributed by atoms with Crippen LogP contribution in [0.25, 0.3) is 0 Å². The maximum Gasteiger partial charge on any atom is 0.407 e. The normalized spacial score (nSPS) is 11.2. The molecule has 0 saturated heterocycles. The van der Waals surface area contributed by atoms with Crippen LogP contribution in [0.3, 0.4) is 0 Å². The lowest BCUT2D eigenvalue weighted by Gasteiger charge is -2.09.